The van der Waals surface area contributed by atoms with Crippen molar-refractivity contribution in [2.45, 2.75) is 65.7 Å². The monoisotopic (exact) mass is 268 g/mol. The molecule has 2 fully saturated rings. The van der Waals surface area contributed by atoms with Crippen LogP contribution in [0.3, 0.4) is 0 Å². The van der Waals surface area contributed by atoms with Crippen LogP contribution in [0.25, 0.3) is 0 Å². The number of hydrogen-bond donors (Lipinski definition) is 1. The van der Waals surface area contributed by atoms with E-state index in [9.17, 15) is 0 Å². The van der Waals surface area contributed by atoms with Gasteiger partial charge >= 0.3 is 0 Å². The minimum atomic E-state index is 0.350. The lowest BCUT2D eigenvalue weighted by Crippen LogP contribution is -2.53. The van der Waals surface area contributed by atoms with Crippen molar-refractivity contribution in [3.8, 4) is 0 Å². The van der Waals surface area contributed by atoms with Crippen LogP contribution in [0.5, 0.6) is 0 Å². The largest absolute Gasteiger partial charge is 0.373 e. The first-order valence-corrected chi connectivity index (χ1v) is 7.94. The van der Waals surface area contributed by atoms with Gasteiger partial charge in [-0.1, -0.05) is 20.8 Å². The zero-order valence-electron chi connectivity index (χ0n) is 13.4. The molecule has 2 aliphatic rings. The van der Waals surface area contributed by atoms with Crippen LogP contribution in [0.2, 0.25) is 0 Å². The van der Waals surface area contributed by atoms with Crippen LogP contribution in [-0.4, -0.2) is 42.8 Å². The Bertz CT molecular complexity index is 295. The summed E-state index contributed by atoms with van der Waals surface area (Å²) in [5.74, 6) is 1.38. The van der Waals surface area contributed by atoms with Crippen LogP contribution >= 0.6 is 0 Å². The van der Waals surface area contributed by atoms with Crippen LogP contribution in [0.4, 0.5) is 0 Å². The third-order valence-electron chi connectivity index (χ3n) is 5.69. The molecular weight excluding hydrogens is 236 g/mol. The Hall–Kier alpha value is -0.120. The summed E-state index contributed by atoms with van der Waals surface area (Å²) in [5.41, 5.74) is 6.61. The Kier molecular flexibility index (Phi) is 4.59. The van der Waals surface area contributed by atoms with E-state index in [-0.39, 0.29) is 0 Å². The Morgan fingerprint density at radius 1 is 1.11 bits per heavy atom. The van der Waals surface area contributed by atoms with Gasteiger partial charge in [0.2, 0.25) is 0 Å². The second kappa shape index (κ2) is 5.71. The highest BCUT2D eigenvalue weighted by Gasteiger charge is 2.42. The van der Waals surface area contributed by atoms with Crippen molar-refractivity contribution >= 4 is 0 Å². The van der Waals surface area contributed by atoms with Gasteiger partial charge in [-0.15, -0.1) is 0 Å². The van der Waals surface area contributed by atoms with Crippen molar-refractivity contribution in [3.63, 3.8) is 0 Å². The van der Waals surface area contributed by atoms with Gasteiger partial charge in [0.05, 0.1) is 12.2 Å². The highest BCUT2D eigenvalue weighted by atomic mass is 16.5. The van der Waals surface area contributed by atoms with Crippen molar-refractivity contribution in [2.75, 3.05) is 19.6 Å². The van der Waals surface area contributed by atoms with Gasteiger partial charge in [0.1, 0.15) is 0 Å². The van der Waals surface area contributed by atoms with Crippen molar-refractivity contribution in [1.82, 2.24) is 4.90 Å². The summed E-state index contributed by atoms with van der Waals surface area (Å²) >= 11 is 0. The standard InChI is InChI=1S/C16H32N2O/c1-11-8-18(9-12(2)19-11)10-14-6-7-15(17)13(3)16(14,4)5/h11-15H,6-10,17H2,1-5H3/t11-,12+,13?,14?,15?. The average Bonchev–Trinajstić information content (AvgIpc) is 2.29. The number of rotatable bonds is 2. The molecule has 2 rings (SSSR count). The molecular formula is C16H32N2O. The maximum absolute atomic E-state index is 6.26. The molecule has 1 aliphatic heterocycles. The van der Waals surface area contributed by atoms with Gasteiger partial charge in [0, 0.05) is 25.7 Å². The molecule has 0 amide bonds. The van der Waals surface area contributed by atoms with Gasteiger partial charge in [0.25, 0.3) is 0 Å². The number of ether oxygens (including phenoxy) is 1. The van der Waals surface area contributed by atoms with E-state index in [1.54, 1.807) is 0 Å². The van der Waals surface area contributed by atoms with Gasteiger partial charge in [-0.05, 0) is 43.9 Å². The van der Waals surface area contributed by atoms with Crippen LogP contribution in [-0.2, 0) is 4.74 Å². The Labute approximate surface area is 118 Å². The first kappa shape index (κ1) is 15.3. The molecule has 3 heteroatoms. The third-order valence-corrected chi connectivity index (χ3v) is 5.69. The SMILES string of the molecule is CC1C(N)CCC(CN2C[C@@H](C)O[C@@H](C)C2)C1(C)C. The molecule has 0 spiro atoms. The zero-order valence-corrected chi connectivity index (χ0v) is 13.4. The fourth-order valence-electron chi connectivity index (χ4n) is 4.01. The van der Waals surface area contributed by atoms with Gasteiger partial charge in [-0.2, -0.15) is 0 Å². The minimum Gasteiger partial charge on any atom is -0.373 e. The molecule has 1 aliphatic carbocycles. The van der Waals surface area contributed by atoms with Gasteiger partial charge < -0.3 is 10.5 Å². The van der Waals surface area contributed by atoms with E-state index in [2.05, 4.69) is 39.5 Å². The highest BCUT2D eigenvalue weighted by molar-refractivity contribution is 4.95. The van der Waals surface area contributed by atoms with E-state index < -0.39 is 0 Å². The maximum Gasteiger partial charge on any atom is 0.0678 e. The highest BCUT2D eigenvalue weighted by Crippen LogP contribution is 2.44. The second-order valence-corrected chi connectivity index (χ2v) is 7.52. The average molecular weight is 268 g/mol. The molecule has 0 aromatic carbocycles. The minimum absolute atomic E-state index is 0.350. The molecule has 112 valence electrons. The summed E-state index contributed by atoms with van der Waals surface area (Å²) in [6.45, 7) is 14.9. The van der Waals surface area contributed by atoms with Crippen molar-refractivity contribution in [1.29, 1.82) is 0 Å². The van der Waals surface area contributed by atoms with Gasteiger partial charge in [-0.3, -0.25) is 4.90 Å². The predicted molar refractivity (Wildman–Crippen MR) is 80.1 cm³/mol. The number of morpholine rings is 1. The first-order valence-electron chi connectivity index (χ1n) is 7.94. The first-order chi connectivity index (χ1) is 8.80. The van der Waals surface area contributed by atoms with Gasteiger partial charge in [0.15, 0.2) is 0 Å². The second-order valence-electron chi connectivity index (χ2n) is 7.52. The summed E-state index contributed by atoms with van der Waals surface area (Å²) in [6, 6.07) is 0.383. The van der Waals surface area contributed by atoms with Crippen LogP contribution < -0.4 is 5.73 Å². The van der Waals surface area contributed by atoms with E-state index in [1.807, 2.05) is 0 Å². The van der Waals surface area contributed by atoms with E-state index in [0.717, 1.165) is 19.0 Å². The fourth-order valence-corrected chi connectivity index (χ4v) is 4.01. The van der Waals surface area contributed by atoms with Crippen LogP contribution in [0.15, 0.2) is 0 Å². The molecule has 2 N–H and O–H groups in total. The maximum atomic E-state index is 6.26. The van der Waals surface area contributed by atoms with Crippen molar-refractivity contribution < 1.29 is 4.74 Å². The molecule has 3 nitrogen and oxygen atoms in total. The molecule has 0 aromatic heterocycles. The lowest BCUT2D eigenvalue weighted by Gasteiger charge is -2.49. The molecule has 5 atom stereocenters. The smallest absolute Gasteiger partial charge is 0.0678 e. The number of nitrogens with two attached hydrogens (primary N) is 1. The normalized spacial score (nSPS) is 44.2. The Morgan fingerprint density at radius 3 is 2.26 bits per heavy atom. The van der Waals surface area contributed by atoms with Crippen LogP contribution in [0, 0.1) is 17.3 Å². The lowest BCUT2D eigenvalue weighted by molar-refractivity contribution is -0.0820. The summed E-state index contributed by atoms with van der Waals surface area (Å²) in [4.78, 5) is 2.61. The summed E-state index contributed by atoms with van der Waals surface area (Å²) in [7, 11) is 0. The fraction of sp³-hybridized carbons (Fsp3) is 1.00. The third kappa shape index (κ3) is 3.32. The number of hydrogen-bond acceptors (Lipinski definition) is 3. The van der Waals surface area contributed by atoms with E-state index in [4.69, 9.17) is 10.5 Å². The molecule has 1 heterocycles. The van der Waals surface area contributed by atoms with E-state index in [0.29, 0.717) is 29.6 Å². The lowest BCUT2D eigenvalue weighted by atomic mass is 9.61. The predicted octanol–water partition coefficient (Wildman–Crippen LogP) is 2.50. The molecule has 3 unspecified atom stereocenters. The van der Waals surface area contributed by atoms with Crippen molar-refractivity contribution in [2.24, 2.45) is 23.0 Å². The molecule has 1 saturated heterocycles. The summed E-state index contributed by atoms with van der Waals surface area (Å²) in [6.07, 6.45) is 3.20. The molecule has 0 aromatic rings. The Morgan fingerprint density at radius 2 is 1.68 bits per heavy atom. The quantitative estimate of drug-likeness (QED) is 0.836. The van der Waals surface area contributed by atoms with E-state index in [1.165, 1.54) is 19.4 Å². The van der Waals surface area contributed by atoms with E-state index >= 15 is 0 Å². The number of nitrogens with zero attached hydrogens (tertiary/aromatic N) is 1. The zero-order chi connectivity index (χ0) is 14.2. The van der Waals surface area contributed by atoms with Gasteiger partial charge in [-0.25, -0.2) is 0 Å². The van der Waals surface area contributed by atoms with Crippen LogP contribution in [0.1, 0.15) is 47.5 Å². The Balaban J connectivity index is 1.98. The summed E-state index contributed by atoms with van der Waals surface area (Å²) < 4.78 is 5.83. The molecule has 1 saturated carbocycles. The summed E-state index contributed by atoms with van der Waals surface area (Å²) in [5, 5.41) is 0. The topological polar surface area (TPSA) is 38.5 Å². The molecule has 0 bridgehead atoms. The molecule has 19 heavy (non-hydrogen) atoms. The molecule has 0 radical (unpaired) electrons. The van der Waals surface area contributed by atoms with Crippen molar-refractivity contribution in [3.05, 3.63) is 0 Å².